The van der Waals surface area contributed by atoms with Gasteiger partial charge in [-0.3, -0.25) is 4.79 Å². The molecule has 0 spiro atoms. The highest BCUT2D eigenvalue weighted by molar-refractivity contribution is 7.10. The third-order valence-electron chi connectivity index (χ3n) is 5.08. The van der Waals surface area contributed by atoms with Crippen molar-refractivity contribution < 1.29 is 4.79 Å². The summed E-state index contributed by atoms with van der Waals surface area (Å²) < 4.78 is 0. The van der Waals surface area contributed by atoms with Crippen LogP contribution in [0.15, 0.2) is 17.5 Å². The Labute approximate surface area is 131 Å². The number of hydrogen-bond acceptors (Lipinski definition) is 3. The summed E-state index contributed by atoms with van der Waals surface area (Å²) in [4.78, 5) is 14.2. The summed E-state index contributed by atoms with van der Waals surface area (Å²) in [6, 6.07) is 4.23. The fourth-order valence-electron chi connectivity index (χ4n) is 3.80. The average molecular weight is 306 g/mol. The van der Waals surface area contributed by atoms with Crippen LogP contribution >= 0.6 is 11.3 Å². The Bertz CT molecular complexity index is 445. The molecule has 21 heavy (non-hydrogen) atoms. The van der Waals surface area contributed by atoms with E-state index < -0.39 is 0 Å². The first kappa shape index (κ1) is 15.0. The van der Waals surface area contributed by atoms with Crippen molar-refractivity contribution in [3.63, 3.8) is 0 Å². The lowest BCUT2D eigenvalue weighted by Gasteiger charge is -2.36. The van der Waals surface area contributed by atoms with Crippen LogP contribution in [0.2, 0.25) is 0 Å². The zero-order chi connectivity index (χ0) is 14.5. The van der Waals surface area contributed by atoms with Crippen molar-refractivity contribution in [3.8, 4) is 0 Å². The smallest absolute Gasteiger partial charge is 0.231 e. The molecule has 2 N–H and O–H groups in total. The third-order valence-corrected chi connectivity index (χ3v) is 6.16. The first-order valence-corrected chi connectivity index (χ1v) is 9.22. The fourth-order valence-corrected chi connectivity index (χ4v) is 4.78. The highest BCUT2D eigenvalue weighted by Gasteiger charge is 2.41. The van der Waals surface area contributed by atoms with E-state index in [1.54, 1.807) is 11.3 Å². The van der Waals surface area contributed by atoms with E-state index in [0.717, 1.165) is 32.5 Å². The number of hydrogen-bond donors (Lipinski definition) is 2. The molecule has 2 fully saturated rings. The summed E-state index contributed by atoms with van der Waals surface area (Å²) in [5, 5.41) is 8.81. The normalized spacial score (nSPS) is 25.4. The second kappa shape index (κ2) is 6.93. The molecule has 3 rings (SSSR count). The number of piperidine rings is 1. The van der Waals surface area contributed by atoms with Gasteiger partial charge in [-0.25, -0.2) is 0 Å². The van der Waals surface area contributed by atoms with Crippen molar-refractivity contribution in [2.75, 3.05) is 19.6 Å². The zero-order valence-corrected chi connectivity index (χ0v) is 13.5. The molecule has 0 aromatic carbocycles. The number of rotatable bonds is 4. The summed E-state index contributed by atoms with van der Waals surface area (Å²) in [6.45, 7) is 3.01. The third kappa shape index (κ3) is 3.32. The van der Waals surface area contributed by atoms with Gasteiger partial charge in [-0.1, -0.05) is 25.3 Å². The van der Waals surface area contributed by atoms with Gasteiger partial charge in [0.25, 0.3) is 0 Å². The predicted molar refractivity (Wildman–Crippen MR) is 87.7 cm³/mol. The average Bonchev–Trinajstić information content (AvgIpc) is 3.09. The largest absolute Gasteiger partial charge is 0.355 e. The standard InChI is InChI=1S/C17H26N2OS/c20-16(19-13-14-6-4-10-18-12-14)17(8-2-1-3-9-17)15-7-5-11-21-15/h5,7,11,14,18H,1-4,6,8-10,12-13H2,(H,19,20). The second-order valence-electron chi connectivity index (χ2n) is 6.54. The molecule has 1 saturated heterocycles. The molecule has 4 heteroatoms. The number of amides is 1. The van der Waals surface area contributed by atoms with Crippen molar-refractivity contribution in [2.45, 2.75) is 50.4 Å². The van der Waals surface area contributed by atoms with Crippen LogP contribution in [-0.4, -0.2) is 25.5 Å². The molecule has 1 saturated carbocycles. The van der Waals surface area contributed by atoms with E-state index in [1.165, 1.54) is 37.0 Å². The van der Waals surface area contributed by atoms with Crippen LogP contribution in [0, 0.1) is 5.92 Å². The van der Waals surface area contributed by atoms with Gasteiger partial charge in [-0.2, -0.15) is 0 Å². The Balaban J connectivity index is 1.66. The summed E-state index contributed by atoms with van der Waals surface area (Å²) in [6.07, 6.45) is 8.12. The highest BCUT2D eigenvalue weighted by Crippen LogP contribution is 2.41. The van der Waals surface area contributed by atoms with Crippen LogP contribution < -0.4 is 10.6 Å². The van der Waals surface area contributed by atoms with Crippen molar-refractivity contribution in [2.24, 2.45) is 5.92 Å². The zero-order valence-electron chi connectivity index (χ0n) is 12.7. The highest BCUT2D eigenvalue weighted by atomic mass is 32.1. The van der Waals surface area contributed by atoms with E-state index in [0.29, 0.717) is 5.92 Å². The van der Waals surface area contributed by atoms with Crippen LogP contribution in [0.3, 0.4) is 0 Å². The number of carbonyl (C=O) groups excluding carboxylic acids is 1. The van der Waals surface area contributed by atoms with Gasteiger partial charge in [-0.15, -0.1) is 11.3 Å². The van der Waals surface area contributed by atoms with Crippen LogP contribution in [-0.2, 0) is 10.2 Å². The molecular formula is C17H26N2OS. The van der Waals surface area contributed by atoms with Gasteiger partial charge < -0.3 is 10.6 Å². The Morgan fingerprint density at radius 2 is 2.19 bits per heavy atom. The Morgan fingerprint density at radius 3 is 2.86 bits per heavy atom. The predicted octanol–water partition coefficient (Wildman–Crippen LogP) is 3.07. The quantitative estimate of drug-likeness (QED) is 0.897. The van der Waals surface area contributed by atoms with Gasteiger partial charge in [0.1, 0.15) is 0 Å². The lowest BCUT2D eigenvalue weighted by atomic mass is 9.72. The molecule has 1 atom stereocenters. The van der Waals surface area contributed by atoms with E-state index in [-0.39, 0.29) is 11.3 Å². The van der Waals surface area contributed by atoms with Crippen molar-refractivity contribution >= 4 is 17.2 Å². The van der Waals surface area contributed by atoms with E-state index in [9.17, 15) is 4.79 Å². The van der Waals surface area contributed by atoms with Crippen LogP contribution in [0.1, 0.15) is 49.8 Å². The van der Waals surface area contributed by atoms with Crippen LogP contribution in [0.4, 0.5) is 0 Å². The van der Waals surface area contributed by atoms with Gasteiger partial charge >= 0.3 is 0 Å². The molecule has 0 radical (unpaired) electrons. The molecule has 1 aromatic rings. The number of thiophene rings is 1. The molecule has 1 unspecified atom stereocenters. The first-order valence-electron chi connectivity index (χ1n) is 8.34. The van der Waals surface area contributed by atoms with Gasteiger partial charge in [0.15, 0.2) is 0 Å². The molecular weight excluding hydrogens is 280 g/mol. The monoisotopic (exact) mass is 306 g/mol. The minimum atomic E-state index is -0.242. The lowest BCUT2D eigenvalue weighted by Crippen LogP contribution is -2.48. The summed E-state index contributed by atoms with van der Waals surface area (Å²) in [5.74, 6) is 0.877. The van der Waals surface area contributed by atoms with E-state index in [1.807, 2.05) is 0 Å². The molecule has 3 nitrogen and oxygen atoms in total. The topological polar surface area (TPSA) is 41.1 Å². The van der Waals surface area contributed by atoms with E-state index >= 15 is 0 Å². The van der Waals surface area contributed by atoms with Gasteiger partial charge in [0.05, 0.1) is 5.41 Å². The first-order chi connectivity index (χ1) is 10.3. The Kier molecular flexibility index (Phi) is 4.96. The summed E-state index contributed by atoms with van der Waals surface area (Å²) in [7, 11) is 0. The van der Waals surface area contributed by atoms with Crippen LogP contribution in [0.5, 0.6) is 0 Å². The Hall–Kier alpha value is -0.870. The maximum Gasteiger partial charge on any atom is 0.231 e. The minimum Gasteiger partial charge on any atom is -0.355 e. The Morgan fingerprint density at radius 1 is 1.33 bits per heavy atom. The molecule has 1 amide bonds. The maximum absolute atomic E-state index is 12.9. The summed E-state index contributed by atoms with van der Waals surface area (Å²) in [5.41, 5.74) is -0.242. The fraction of sp³-hybridized carbons (Fsp3) is 0.706. The second-order valence-corrected chi connectivity index (χ2v) is 7.49. The summed E-state index contributed by atoms with van der Waals surface area (Å²) >= 11 is 1.74. The molecule has 116 valence electrons. The minimum absolute atomic E-state index is 0.242. The van der Waals surface area contributed by atoms with Crippen molar-refractivity contribution in [1.82, 2.24) is 10.6 Å². The van der Waals surface area contributed by atoms with E-state index in [4.69, 9.17) is 0 Å². The molecule has 2 aliphatic rings. The molecule has 1 aromatic heterocycles. The van der Waals surface area contributed by atoms with Gasteiger partial charge in [0, 0.05) is 11.4 Å². The van der Waals surface area contributed by atoms with Crippen molar-refractivity contribution in [1.29, 1.82) is 0 Å². The number of nitrogens with one attached hydrogen (secondary N) is 2. The maximum atomic E-state index is 12.9. The molecule has 1 aliphatic carbocycles. The van der Waals surface area contributed by atoms with Crippen molar-refractivity contribution in [3.05, 3.63) is 22.4 Å². The lowest BCUT2D eigenvalue weighted by molar-refractivity contribution is -0.128. The van der Waals surface area contributed by atoms with Gasteiger partial charge in [-0.05, 0) is 56.1 Å². The van der Waals surface area contributed by atoms with Crippen LogP contribution in [0.25, 0.3) is 0 Å². The molecule has 0 bridgehead atoms. The van der Waals surface area contributed by atoms with Gasteiger partial charge in [0.2, 0.25) is 5.91 Å². The molecule has 1 aliphatic heterocycles. The number of carbonyl (C=O) groups is 1. The van der Waals surface area contributed by atoms with E-state index in [2.05, 4.69) is 28.1 Å². The molecule has 2 heterocycles. The SMILES string of the molecule is O=C(NCC1CCCNC1)C1(c2cccs2)CCCCC1.